The van der Waals surface area contributed by atoms with E-state index >= 15 is 0 Å². The molecule has 21 heavy (non-hydrogen) atoms. The van der Waals surface area contributed by atoms with Crippen LogP contribution in [0, 0.1) is 11.3 Å². The number of nitriles is 1. The van der Waals surface area contributed by atoms with E-state index in [1.165, 1.54) is 6.33 Å². The summed E-state index contributed by atoms with van der Waals surface area (Å²) in [6.07, 6.45) is 4.48. The maximum absolute atomic E-state index is 11.0. The molecule has 0 saturated carbocycles. The number of fused-ring (bicyclic) bond motifs is 1. The fourth-order valence-corrected chi connectivity index (χ4v) is 2.24. The first-order valence-corrected chi connectivity index (χ1v) is 8.12. The van der Waals surface area contributed by atoms with Gasteiger partial charge >= 0.3 is 0 Å². The number of nitrogens with one attached hydrogen (secondary N) is 2. The maximum Gasteiger partial charge on any atom is 0.208 e. The smallest absolute Gasteiger partial charge is 0.208 e. The van der Waals surface area contributed by atoms with Crippen molar-refractivity contribution in [3.8, 4) is 6.07 Å². The zero-order valence-corrected chi connectivity index (χ0v) is 12.3. The fourth-order valence-electron chi connectivity index (χ4n) is 1.77. The van der Waals surface area contributed by atoms with Crippen LogP contribution in [-0.2, 0) is 16.6 Å². The van der Waals surface area contributed by atoms with Crippen LogP contribution >= 0.6 is 0 Å². The first-order valence-electron chi connectivity index (χ1n) is 6.23. The van der Waals surface area contributed by atoms with Gasteiger partial charge in [0.25, 0.3) is 0 Å². The SMILES string of the molecule is CS(=O)(=O)NCCNc1ncnc2c1cnn2CCC#N. The Kier molecular flexibility index (Phi) is 4.66. The van der Waals surface area contributed by atoms with E-state index in [4.69, 9.17) is 5.26 Å². The molecule has 2 heterocycles. The van der Waals surface area contributed by atoms with Gasteiger partial charge in [-0.15, -0.1) is 0 Å². The zero-order valence-electron chi connectivity index (χ0n) is 11.4. The molecule has 9 nitrogen and oxygen atoms in total. The number of rotatable bonds is 7. The van der Waals surface area contributed by atoms with Crippen LogP contribution in [0.1, 0.15) is 6.42 Å². The molecule has 0 radical (unpaired) electrons. The van der Waals surface area contributed by atoms with Crippen LogP contribution in [0.25, 0.3) is 11.0 Å². The van der Waals surface area contributed by atoms with Crippen LogP contribution in [-0.4, -0.2) is 47.5 Å². The average molecular weight is 309 g/mol. The van der Waals surface area contributed by atoms with Crippen molar-refractivity contribution in [2.75, 3.05) is 24.7 Å². The second-order valence-electron chi connectivity index (χ2n) is 4.33. The number of sulfonamides is 1. The van der Waals surface area contributed by atoms with Gasteiger partial charge in [0.1, 0.15) is 12.1 Å². The van der Waals surface area contributed by atoms with Crippen molar-refractivity contribution in [2.24, 2.45) is 0 Å². The summed E-state index contributed by atoms with van der Waals surface area (Å²) in [6.45, 7) is 1.11. The molecular formula is C11H15N7O2S. The minimum absolute atomic E-state index is 0.257. The Morgan fingerprint density at radius 2 is 2.19 bits per heavy atom. The molecule has 112 valence electrons. The molecule has 2 aromatic rings. The lowest BCUT2D eigenvalue weighted by atomic mass is 10.4. The van der Waals surface area contributed by atoms with E-state index in [0.29, 0.717) is 31.0 Å². The Balaban J connectivity index is 2.07. The lowest BCUT2D eigenvalue weighted by Crippen LogP contribution is -2.27. The van der Waals surface area contributed by atoms with Crippen LogP contribution < -0.4 is 10.0 Å². The van der Waals surface area contributed by atoms with Crippen molar-refractivity contribution in [2.45, 2.75) is 13.0 Å². The highest BCUT2D eigenvalue weighted by Gasteiger charge is 2.09. The molecule has 0 atom stereocenters. The quantitative estimate of drug-likeness (QED) is 0.672. The van der Waals surface area contributed by atoms with Crippen LogP contribution in [0.15, 0.2) is 12.5 Å². The highest BCUT2D eigenvalue weighted by Crippen LogP contribution is 2.18. The Morgan fingerprint density at radius 3 is 2.90 bits per heavy atom. The van der Waals surface area contributed by atoms with Gasteiger partial charge in [0, 0.05) is 13.1 Å². The highest BCUT2D eigenvalue weighted by molar-refractivity contribution is 7.88. The van der Waals surface area contributed by atoms with Crippen LogP contribution in [0.2, 0.25) is 0 Å². The summed E-state index contributed by atoms with van der Waals surface area (Å²) in [6, 6.07) is 2.06. The molecule has 0 unspecified atom stereocenters. The molecule has 2 rings (SSSR count). The minimum atomic E-state index is -3.20. The number of aryl methyl sites for hydroxylation is 1. The van der Waals surface area contributed by atoms with Gasteiger partial charge < -0.3 is 5.32 Å². The fraction of sp³-hybridized carbons (Fsp3) is 0.455. The second-order valence-corrected chi connectivity index (χ2v) is 6.16. The maximum atomic E-state index is 11.0. The van der Waals surface area contributed by atoms with Gasteiger partial charge in [-0.2, -0.15) is 10.4 Å². The van der Waals surface area contributed by atoms with E-state index < -0.39 is 10.0 Å². The summed E-state index contributed by atoms with van der Waals surface area (Å²) in [4.78, 5) is 8.27. The van der Waals surface area contributed by atoms with Crippen molar-refractivity contribution in [1.29, 1.82) is 5.26 Å². The lowest BCUT2D eigenvalue weighted by Gasteiger charge is -2.06. The van der Waals surface area contributed by atoms with E-state index in [-0.39, 0.29) is 6.54 Å². The van der Waals surface area contributed by atoms with Gasteiger partial charge in [-0.3, -0.25) is 0 Å². The van der Waals surface area contributed by atoms with Gasteiger partial charge in [0.2, 0.25) is 10.0 Å². The van der Waals surface area contributed by atoms with Crippen molar-refractivity contribution >= 4 is 26.9 Å². The molecule has 0 fully saturated rings. The van der Waals surface area contributed by atoms with Crippen molar-refractivity contribution in [1.82, 2.24) is 24.5 Å². The third kappa shape index (κ3) is 4.11. The molecule has 2 aromatic heterocycles. The summed E-state index contributed by atoms with van der Waals surface area (Å²) in [5, 5.41) is 16.5. The van der Waals surface area contributed by atoms with E-state index in [9.17, 15) is 8.42 Å². The molecule has 2 N–H and O–H groups in total. The Morgan fingerprint density at radius 1 is 1.38 bits per heavy atom. The third-order valence-corrected chi connectivity index (χ3v) is 3.38. The average Bonchev–Trinajstić information content (AvgIpc) is 2.84. The predicted molar refractivity (Wildman–Crippen MR) is 76.9 cm³/mol. The molecule has 0 bridgehead atoms. The first kappa shape index (κ1) is 15.1. The van der Waals surface area contributed by atoms with Crippen LogP contribution in [0.3, 0.4) is 0 Å². The van der Waals surface area contributed by atoms with E-state index in [1.807, 2.05) is 0 Å². The molecular weight excluding hydrogens is 294 g/mol. The van der Waals surface area contributed by atoms with Crippen molar-refractivity contribution < 1.29 is 8.42 Å². The highest BCUT2D eigenvalue weighted by atomic mass is 32.2. The predicted octanol–water partition coefficient (Wildman–Crippen LogP) is -0.299. The third-order valence-electron chi connectivity index (χ3n) is 2.65. The molecule has 0 aliphatic carbocycles. The lowest BCUT2D eigenvalue weighted by molar-refractivity contribution is 0.589. The van der Waals surface area contributed by atoms with Gasteiger partial charge in [0.15, 0.2) is 5.65 Å². The van der Waals surface area contributed by atoms with Crippen molar-refractivity contribution in [3.05, 3.63) is 12.5 Å². The second kappa shape index (κ2) is 6.47. The van der Waals surface area contributed by atoms with Crippen LogP contribution in [0.5, 0.6) is 0 Å². The number of nitrogens with zero attached hydrogens (tertiary/aromatic N) is 5. The molecule has 0 amide bonds. The van der Waals surface area contributed by atoms with E-state index in [0.717, 1.165) is 11.6 Å². The molecule has 10 heteroatoms. The number of aromatic nitrogens is 4. The minimum Gasteiger partial charge on any atom is -0.368 e. The standard InChI is InChI=1S/C11H15N7O2S/c1-21(19,20)17-5-4-13-10-9-7-16-18(6-2-3-12)11(9)15-8-14-10/h7-8,17H,2,4-6H2,1H3,(H,13,14,15). The molecule has 0 aromatic carbocycles. The van der Waals surface area contributed by atoms with Gasteiger partial charge in [-0.05, 0) is 0 Å². The topological polar surface area (TPSA) is 126 Å². The Labute approximate surface area is 122 Å². The van der Waals surface area contributed by atoms with E-state index in [2.05, 4.69) is 31.2 Å². The van der Waals surface area contributed by atoms with Gasteiger partial charge in [0.05, 0.1) is 36.9 Å². The summed E-state index contributed by atoms with van der Waals surface area (Å²) in [7, 11) is -3.20. The van der Waals surface area contributed by atoms with Gasteiger partial charge in [-0.1, -0.05) is 0 Å². The largest absolute Gasteiger partial charge is 0.368 e. The number of hydrogen-bond donors (Lipinski definition) is 2. The van der Waals surface area contributed by atoms with Gasteiger partial charge in [-0.25, -0.2) is 27.8 Å². The number of anilines is 1. The molecule has 0 saturated heterocycles. The van der Waals surface area contributed by atoms with Crippen molar-refractivity contribution in [3.63, 3.8) is 0 Å². The summed E-state index contributed by atoms with van der Waals surface area (Å²) >= 11 is 0. The number of hydrogen-bond acceptors (Lipinski definition) is 7. The monoisotopic (exact) mass is 309 g/mol. The van der Waals surface area contributed by atoms with Crippen LogP contribution in [0.4, 0.5) is 5.82 Å². The normalized spacial score (nSPS) is 11.4. The zero-order chi connectivity index (χ0) is 15.3. The Hall–Kier alpha value is -2.25. The molecule has 0 aliphatic heterocycles. The summed E-state index contributed by atoms with van der Waals surface area (Å²) in [5.74, 6) is 0.582. The summed E-state index contributed by atoms with van der Waals surface area (Å²) < 4.78 is 25.9. The molecule has 0 spiro atoms. The first-order chi connectivity index (χ1) is 10.0. The van der Waals surface area contributed by atoms with E-state index in [1.54, 1.807) is 10.9 Å². The molecule has 0 aliphatic rings. The summed E-state index contributed by atoms with van der Waals surface area (Å²) in [5.41, 5.74) is 0.638. The Bertz CT molecular complexity index is 762.